The minimum Gasteiger partial charge on any atom is -0.465 e. The molecule has 0 radical (unpaired) electrons. The zero-order valence-electron chi connectivity index (χ0n) is 8.80. The van der Waals surface area contributed by atoms with Gasteiger partial charge in [-0.2, -0.15) is 0 Å². The van der Waals surface area contributed by atoms with Crippen molar-refractivity contribution in [2.45, 2.75) is 0 Å². The van der Waals surface area contributed by atoms with Crippen molar-refractivity contribution in [2.75, 3.05) is 19.5 Å². The summed E-state index contributed by atoms with van der Waals surface area (Å²) in [4.78, 5) is 30.3. The van der Waals surface area contributed by atoms with E-state index in [1.54, 1.807) is 0 Å². The van der Waals surface area contributed by atoms with Crippen LogP contribution in [0.1, 0.15) is 10.4 Å². The van der Waals surface area contributed by atoms with Gasteiger partial charge < -0.3 is 5.11 Å². The van der Waals surface area contributed by atoms with Gasteiger partial charge in [0.25, 0.3) is 5.91 Å². The van der Waals surface area contributed by atoms with Crippen molar-refractivity contribution < 1.29 is 19.5 Å². The van der Waals surface area contributed by atoms with Crippen molar-refractivity contribution in [3.8, 4) is 0 Å². The van der Waals surface area contributed by atoms with E-state index in [1.807, 2.05) is 0 Å². The second kappa shape index (κ2) is 5.08. The van der Waals surface area contributed by atoms with Gasteiger partial charge in [0, 0.05) is 13.2 Å². The molecule has 7 nitrogen and oxygen atoms in total. The van der Waals surface area contributed by atoms with Gasteiger partial charge in [0.15, 0.2) is 0 Å². The van der Waals surface area contributed by atoms with Gasteiger partial charge in [-0.15, -0.1) is 0 Å². The Bertz CT molecular complexity index is 390. The Morgan fingerprint density at radius 1 is 1.50 bits per heavy atom. The summed E-state index contributed by atoms with van der Waals surface area (Å²) in [6.07, 6.45) is 0.0592. The number of aromatic nitrogens is 1. The van der Waals surface area contributed by atoms with E-state index in [0.717, 1.165) is 5.06 Å². The minimum atomic E-state index is -1.21. The molecule has 0 unspecified atom stereocenters. The van der Waals surface area contributed by atoms with Crippen molar-refractivity contribution in [3.63, 3.8) is 0 Å². The lowest BCUT2D eigenvalue weighted by molar-refractivity contribution is -0.0757. The molecule has 0 spiro atoms. The lowest BCUT2D eigenvalue weighted by Gasteiger charge is -2.13. The molecule has 0 atom stereocenters. The first-order chi connectivity index (χ1) is 7.54. The molecule has 1 aromatic heterocycles. The maximum atomic E-state index is 11.5. The number of hydrogen-bond donors (Lipinski definition) is 2. The molecular formula is C9H11N3O4. The first-order valence-electron chi connectivity index (χ1n) is 4.32. The number of carbonyl (C=O) groups is 2. The maximum Gasteiger partial charge on any atom is 0.410 e. The Balaban J connectivity index is 2.78. The van der Waals surface area contributed by atoms with E-state index in [-0.39, 0.29) is 11.7 Å². The summed E-state index contributed by atoms with van der Waals surface area (Å²) in [5.74, 6) is -0.207. The molecule has 86 valence electrons. The highest BCUT2D eigenvalue weighted by atomic mass is 16.7. The Hall–Kier alpha value is -2.15. The molecule has 16 heavy (non-hydrogen) atoms. The molecule has 0 aliphatic carbocycles. The van der Waals surface area contributed by atoms with Crippen LogP contribution in [-0.2, 0) is 4.84 Å². The van der Waals surface area contributed by atoms with Crippen LogP contribution in [0.4, 0.5) is 10.6 Å². The van der Waals surface area contributed by atoms with Crippen molar-refractivity contribution in [1.29, 1.82) is 0 Å². The van der Waals surface area contributed by atoms with Crippen LogP contribution >= 0.6 is 0 Å². The molecular weight excluding hydrogens is 214 g/mol. The largest absolute Gasteiger partial charge is 0.465 e. The highest BCUT2D eigenvalue weighted by Gasteiger charge is 2.11. The van der Waals surface area contributed by atoms with Crippen LogP contribution in [0, 0.1) is 0 Å². The minimum absolute atomic E-state index is 0.157. The van der Waals surface area contributed by atoms with Crippen molar-refractivity contribution in [2.24, 2.45) is 0 Å². The third-order valence-electron chi connectivity index (χ3n) is 1.81. The molecule has 2 amide bonds. The quantitative estimate of drug-likeness (QED) is 0.742. The Kier molecular flexibility index (Phi) is 3.78. The predicted molar refractivity (Wildman–Crippen MR) is 55.0 cm³/mol. The van der Waals surface area contributed by atoms with Crippen LogP contribution in [0.15, 0.2) is 18.3 Å². The molecule has 0 aliphatic heterocycles. The first-order valence-corrected chi connectivity index (χ1v) is 4.32. The average Bonchev–Trinajstić information content (AvgIpc) is 2.27. The van der Waals surface area contributed by atoms with E-state index < -0.39 is 6.09 Å². The van der Waals surface area contributed by atoms with Gasteiger partial charge in [-0.25, -0.2) is 14.8 Å². The summed E-state index contributed by atoms with van der Waals surface area (Å²) >= 11 is 0. The molecule has 0 saturated carbocycles. The molecule has 1 aromatic rings. The number of nitrogens with one attached hydrogen (secondary N) is 1. The summed E-state index contributed by atoms with van der Waals surface area (Å²) in [5.41, 5.74) is 0.306. The molecule has 2 N–H and O–H groups in total. The summed E-state index contributed by atoms with van der Waals surface area (Å²) in [6, 6.07) is 2.85. The Morgan fingerprint density at radius 2 is 2.19 bits per heavy atom. The van der Waals surface area contributed by atoms with E-state index in [4.69, 9.17) is 9.94 Å². The van der Waals surface area contributed by atoms with Gasteiger partial charge in [-0.05, 0) is 12.1 Å². The molecule has 0 bridgehead atoms. The van der Waals surface area contributed by atoms with Gasteiger partial charge in [0.05, 0.1) is 12.7 Å². The highest BCUT2D eigenvalue weighted by molar-refractivity contribution is 5.93. The van der Waals surface area contributed by atoms with Gasteiger partial charge in [0.2, 0.25) is 0 Å². The average molecular weight is 225 g/mol. The van der Waals surface area contributed by atoms with Gasteiger partial charge >= 0.3 is 6.09 Å². The zero-order chi connectivity index (χ0) is 12.1. The third kappa shape index (κ3) is 2.92. The van der Waals surface area contributed by atoms with E-state index in [2.05, 4.69) is 10.3 Å². The Morgan fingerprint density at radius 3 is 2.62 bits per heavy atom. The fraction of sp³-hybridized carbons (Fsp3) is 0.222. The molecule has 0 saturated heterocycles. The number of hydroxylamine groups is 2. The first kappa shape index (κ1) is 11.9. The van der Waals surface area contributed by atoms with E-state index >= 15 is 0 Å². The number of amides is 2. The van der Waals surface area contributed by atoms with Crippen LogP contribution in [0.25, 0.3) is 0 Å². The third-order valence-corrected chi connectivity index (χ3v) is 1.81. The second-order valence-corrected chi connectivity index (χ2v) is 2.85. The number of carbonyl (C=O) groups excluding carboxylic acids is 1. The van der Waals surface area contributed by atoms with Gasteiger partial charge in [0.1, 0.15) is 5.82 Å². The fourth-order valence-electron chi connectivity index (χ4n) is 0.969. The molecule has 0 fully saturated rings. The van der Waals surface area contributed by atoms with Crippen LogP contribution in [-0.4, -0.2) is 41.3 Å². The molecule has 0 aliphatic rings. The summed E-state index contributed by atoms with van der Waals surface area (Å²) in [5, 5.41) is 11.5. The number of carboxylic acid groups (broad SMARTS) is 1. The summed E-state index contributed by atoms with van der Waals surface area (Å²) in [7, 11) is 2.83. The van der Waals surface area contributed by atoms with Crippen LogP contribution in [0.5, 0.6) is 0 Å². The van der Waals surface area contributed by atoms with Crippen molar-refractivity contribution in [3.05, 3.63) is 23.9 Å². The van der Waals surface area contributed by atoms with Crippen molar-refractivity contribution >= 4 is 17.8 Å². The monoisotopic (exact) mass is 225 g/mol. The number of hydrogen-bond acceptors (Lipinski definition) is 4. The lowest BCUT2D eigenvalue weighted by Crippen LogP contribution is -2.25. The summed E-state index contributed by atoms with van der Waals surface area (Å²) < 4.78 is 0. The van der Waals surface area contributed by atoms with E-state index in [1.165, 1.54) is 32.5 Å². The lowest BCUT2D eigenvalue weighted by atomic mass is 10.2. The topological polar surface area (TPSA) is 91.8 Å². The zero-order valence-corrected chi connectivity index (χ0v) is 8.80. The Labute approximate surface area is 91.6 Å². The molecule has 1 heterocycles. The maximum absolute atomic E-state index is 11.5. The van der Waals surface area contributed by atoms with Crippen LogP contribution < -0.4 is 5.32 Å². The number of pyridine rings is 1. The van der Waals surface area contributed by atoms with E-state index in [0.29, 0.717) is 5.56 Å². The fourth-order valence-corrected chi connectivity index (χ4v) is 0.969. The van der Waals surface area contributed by atoms with Gasteiger partial charge in [-0.3, -0.25) is 14.9 Å². The highest BCUT2D eigenvalue weighted by Crippen LogP contribution is 2.07. The second-order valence-electron chi connectivity index (χ2n) is 2.85. The molecule has 7 heteroatoms. The summed E-state index contributed by atoms with van der Waals surface area (Å²) in [6.45, 7) is 0. The predicted octanol–water partition coefficient (Wildman–Crippen LogP) is 0.805. The van der Waals surface area contributed by atoms with Gasteiger partial charge in [-0.1, -0.05) is 0 Å². The number of rotatable bonds is 3. The van der Waals surface area contributed by atoms with Crippen LogP contribution in [0.3, 0.4) is 0 Å². The normalized spacial score (nSPS) is 9.62. The van der Waals surface area contributed by atoms with Crippen molar-refractivity contribution in [1.82, 2.24) is 10.0 Å². The number of nitrogens with zero attached hydrogens (tertiary/aromatic N) is 2. The SMILES string of the molecule is CON(C)C(=O)c1ccc(NC(=O)O)nc1. The molecule has 1 rings (SSSR count). The standard InChI is InChI=1S/C9H11N3O4/c1-12(16-2)8(13)6-3-4-7(10-5-6)11-9(14)15/h3-5H,1-2H3,(H,10,11)(H,14,15). The number of anilines is 1. The van der Waals surface area contributed by atoms with E-state index in [9.17, 15) is 9.59 Å². The van der Waals surface area contributed by atoms with Crippen LogP contribution in [0.2, 0.25) is 0 Å². The molecule has 0 aromatic carbocycles. The smallest absolute Gasteiger partial charge is 0.410 e.